The number of hydrogen-bond donors (Lipinski definition) is 0. The summed E-state index contributed by atoms with van der Waals surface area (Å²) >= 11 is 0. The molecule has 1 aliphatic heterocycles. The van der Waals surface area contributed by atoms with Gasteiger partial charge in [0.05, 0.1) is 22.7 Å². The number of hydrogen-bond acceptors (Lipinski definition) is 6. The highest BCUT2D eigenvalue weighted by molar-refractivity contribution is 5.99. The van der Waals surface area contributed by atoms with E-state index in [4.69, 9.17) is 20.0 Å². The largest absolute Gasteiger partial charge is 0.481 e. The molecule has 2 heterocycles. The van der Waals surface area contributed by atoms with Crippen LogP contribution < -0.4 is 14.5 Å². The van der Waals surface area contributed by atoms with Crippen molar-refractivity contribution in [3.63, 3.8) is 0 Å². The molecule has 0 unspecified atom stereocenters. The van der Waals surface area contributed by atoms with E-state index >= 15 is 0 Å². The van der Waals surface area contributed by atoms with Crippen LogP contribution in [-0.2, 0) is 4.79 Å². The molecule has 0 N–H and O–H groups in total. The molecular formula is C22H21N5O2. The summed E-state index contributed by atoms with van der Waals surface area (Å²) in [5.74, 6) is 1.63. The second kappa shape index (κ2) is 7.76. The molecule has 1 aliphatic rings. The highest BCUT2D eigenvalue weighted by atomic mass is 16.5. The van der Waals surface area contributed by atoms with E-state index in [0.717, 1.165) is 24.0 Å². The zero-order valence-corrected chi connectivity index (χ0v) is 16.4. The molecule has 1 aromatic heterocycles. The van der Waals surface area contributed by atoms with E-state index < -0.39 is 6.10 Å². The number of rotatable bonds is 3. The molecule has 2 aromatic carbocycles. The number of ether oxygens (including phenoxy) is 1. The lowest BCUT2D eigenvalue weighted by Gasteiger charge is -2.25. The van der Waals surface area contributed by atoms with Crippen LogP contribution in [0.5, 0.6) is 5.75 Å². The molecule has 1 atom stereocenters. The standard InChI is InChI=1S/C22H21N5O2/c1-15(29-17-10-8-16(14-23)9-11-17)22(28)27-13-5-12-26(2)20-21(27)25-19-7-4-3-6-18(19)24-20/h3-4,6-11,15H,5,12-13H2,1-2H3/t15-/m0/s1. The topological polar surface area (TPSA) is 82.4 Å². The summed E-state index contributed by atoms with van der Waals surface area (Å²) in [6.45, 7) is 3.06. The average molecular weight is 387 g/mol. The van der Waals surface area contributed by atoms with Gasteiger partial charge in [0.2, 0.25) is 0 Å². The Kier molecular flexibility index (Phi) is 5.00. The Morgan fingerprint density at radius 3 is 2.38 bits per heavy atom. The minimum Gasteiger partial charge on any atom is -0.481 e. The molecule has 0 saturated heterocycles. The molecular weight excluding hydrogens is 366 g/mol. The van der Waals surface area contributed by atoms with Gasteiger partial charge in [0.1, 0.15) is 5.75 Å². The van der Waals surface area contributed by atoms with Crippen molar-refractivity contribution in [3.05, 3.63) is 54.1 Å². The first kappa shape index (κ1) is 18.7. The number of para-hydroxylation sites is 2. The predicted octanol–water partition coefficient (Wildman–Crippen LogP) is 3.14. The van der Waals surface area contributed by atoms with Crippen molar-refractivity contribution >= 4 is 28.6 Å². The molecule has 29 heavy (non-hydrogen) atoms. The van der Waals surface area contributed by atoms with Gasteiger partial charge >= 0.3 is 0 Å². The van der Waals surface area contributed by atoms with Crippen LogP contribution in [0.2, 0.25) is 0 Å². The molecule has 0 radical (unpaired) electrons. The number of amides is 1. The monoisotopic (exact) mass is 387 g/mol. The van der Waals surface area contributed by atoms with Crippen molar-refractivity contribution in [3.8, 4) is 11.8 Å². The van der Waals surface area contributed by atoms with Crippen LogP contribution in [0.1, 0.15) is 18.9 Å². The highest BCUT2D eigenvalue weighted by Crippen LogP contribution is 2.30. The highest BCUT2D eigenvalue weighted by Gasteiger charge is 2.30. The Hall–Kier alpha value is -3.66. The smallest absolute Gasteiger partial charge is 0.269 e. The van der Waals surface area contributed by atoms with Gasteiger partial charge in [-0.15, -0.1) is 0 Å². The summed E-state index contributed by atoms with van der Waals surface area (Å²) in [4.78, 5) is 26.5. The van der Waals surface area contributed by atoms with Crippen molar-refractivity contribution in [2.45, 2.75) is 19.4 Å². The normalized spacial score (nSPS) is 14.7. The third kappa shape index (κ3) is 3.69. The van der Waals surface area contributed by atoms with Crippen molar-refractivity contribution in [1.82, 2.24) is 9.97 Å². The maximum atomic E-state index is 13.2. The van der Waals surface area contributed by atoms with Crippen LogP contribution >= 0.6 is 0 Å². The fourth-order valence-corrected chi connectivity index (χ4v) is 3.39. The first-order valence-electron chi connectivity index (χ1n) is 9.53. The van der Waals surface area contributed by atoms with Gasteiger partial charge in [-0.3, -0.25) is 9.69 Å². The van der Waals surface area contributed by atoms with Crippen LogP contribution in [0.3, 0.4) is 0 Å². The van der Waals surface area contributed by atoms with Crippen molar-refractivity contribution in [2.75, 3.05) is 29.9 Å². The van der Waals surface area contributed by atoms with Crippen LogP contribution in [0.15, 0.2) is 48.5 Å². The Morgan fingerprint density at radius 2 is 1.72 bits per heavy atom. The lowest BCUT2D eigenvalue weighted by molar-refractivity contribution is -0.124. The zero-order valence-electron chi connectivity index (χ0n) is 16.4. The molecule has 0 spiro atoms. The van der Waals surface area contributed by atoms with E-state index in [-0.39, 0.29) is 5.91 Å². The van der Waals surface area contributed by atoms with Crippen LogP contribution in [-0.4, -0.2) is 42.1 Å². The maximum absolute atomic E-state index is 13.2. The predicted molar refractivity (Wildman–Crippen MR) is 111 cm³/mol. The summed E-state index contributed by atoms with van der Waals surface area (Å²) in [5.41, 5.74) is 2.09. The van der Waals surface area contributed by atoms with Crippen LogP contribution in [0.25, 0.3) is 11.0 Å². The van der Waals surface area contributed by atoms with E-state index in [1.54, 1.807) is 36.1 Å². The van der Waals surface area contributed by atoms with Crippen molar-refractivity contribution in [2.24, 2.45) is 0 Å². The number of fused-ring (bicyclic) bond motifs is 2. The Labute approximate surface area is 169 Å². The number of benzene rings is 2. The van der Waals surface area contributed by atoms with Crippen molar-refractivity contribution < 1.29 is 9.53 Å². The first-order valence-corrected chi connectivity index (χ1v) is 9.53. The van der Waals surface area contributed by atoms with Gasteiger partial charge in [-0.2, -0.15) is 5.26 Å². The van der Waals surface area contributed by atoms with E-state index in [1.807, 2.05) is 36.2 Å². The molecule has 146 valence electrons. The summed E-state index contributed by atoms with van der Waals surface area (Å²) in [6.07, 6.45) is 0.104. The van der Waals surface area contributed by atoms with E-state index in [2.05, 4.69) is 6.07 Å². The molecule has 0 fully saturated rings. The van der Waals surface area contributed by atoms with Gasteiger partial charge in [-0.25, -0.2) is 9.97 Å². The quantitative estimate of drug-likeness (QED) is 0.687. The van der Waals surface area contributed by atoms with E-state index in [0.29, 0.717) is 29.5 Å². The van der Waals surface area contributed by atoms with E-state index in [1.165, 1.54) is 0 Å². The van der Waals surface area contributed by atoms with Crippen molar-refractivity contribution in [1.29, 1.82) is 5.26 Å². The molecule has 7 heteroatoms. The van der Waals surface area contributed by atoms with Gasteiger partial charge in [-0.1, -0.05) is 12.1 Å². The second-order valence-corrected chi connectivity index (χ2v) is 7.02. The zero-order chi connectivity index (χ0) is 20.4. The lowest BCUT2D eigenvalue weighted by atomic mass is 10.2. The van der Waals surface area contributed by atoms with E-state index in [9.17, 15) is 4.79 Å². The summed E-state index contributed by atoms with van der Waals surface area (Å²) < 4.78 is 5.84. The van der Waals surface area contributed by atoms with Gasteiger partial charge in [0.25, 0.3) is 5.91 Å². The molecule has 3 aromatic rings. The third-order valence-corrected chi connectivity index (χ3v) is 4.94. The average Bonchev–Trinajstić information content (AvgIpc) is 2.91. The van der Waals surface area contributed by atoms with Gasteiger partial charge in [0, 0.05) is 20.1 Å². The minimum atomic E-state index is -0.701. The minimum absolute atomic E-state index is 0.171. The number of anilines is 2. The van der Waals surface area contributed by atoms with Crippen LogP contribution in [0.4, 0.5) is 11.6 Å². The fourth-order valence-electron chi connectivity index (χ4n) is 3.39. The number of carbonyl (C=O) groups is 1. The Balaban J connectivity index is 1.64. The molecule has 0 bridgehead atoms. The number of carbonyl (C=O) groups excluding carboxylic acids is 1. The molecule has 1 amide bonds. The van der Waals surface area contributed by atoms with Crippen LogP contribution in [0, 0.1) is 11.3 Å². The molecule has 4 rings (SSSR count). The number of aromatic nitrogens is 2. The summed E-state index contributed by atoms with van der Waals surface area (Å²) in [6, 6.07) is 16.4. The summed E-state index contributed by atoms with van der Waals surface area (Å²) in [5, 5.41) is 8.92. The van der Waals surface area contributed by atoms with Gasteiger partial charge in [-0.05, 0) is 49.7 Å². The maximum Gasteiger partial charge on any atom is 0.269 e. The second-order valence-electron chi connectivity index (χ2n) is 7.02. The van der Waals surface area contributed by atoms with Gasteiger partial charge < -0.3 is 9.64 Å². The Morgan fingerprint density at radius 1 is 1.07 bits per heavy atom. The molecule has 0 aliphatic carbocycles. The lowest BCUT2D eigenvalue weighted by Crippen LogP contribution is -2.41. The molecule has 0 saturated carbocycles. The van der Waals surface area contributed by atoms with Gasteiger partial charge in [0.15, 0.2) is 17.7 Å². The number of nitrogens with zero attached hydrogens (tertiary/aromatic N) is 5. The first-order chi connectivity index (χ1) is 14.1. The third-order valence-electron chi connectivity index (χ3n) is 4.94. The summed E-state index contributed by atoms with van der Waals surface area (Å²) in [7, 11) is 1.97. The number of nitriles is 1. The molecule has 7 nitrogen and oxygen atoms in total. The SMILES string of the molecule is C[C@H](Oc1ccc(C#N)cc1)C(=O)N1CCCN(C)c2nc3ccccc3nc21. The fraction of sp³-hybridized carbons (Fsp3) is 0.273. The Bertz CT molecular complexity index is 1090.